The molecule has 0 radical (unpaired) electrons. The van der Waals surface area contributed by atoms with E-state index in [-0.39, 0.29) is 11.1 Å². The summed E-state index contributed by atoms with van der Waals surface area (Å²) in [6, 6.07) is 7.67. The Hall–Kier alpha value is -2.62. The summed E-state index contributed by atoms with van der Waals surface area (Å²) in [6.45, 7) is 4.03. The van der Waals surface area contributed by atoms with Crippen LogP contribution >= 0.6 is 11.6 Å². The quantitative estimate of drug-likeness (QED) is 0.352. The molecule has 31 heavy (non-hydrogen) atoms. The van der Waals surface area contributed by atoms with Gasteiger partial charge in [0.2, 0.25) is 0 Å². The number of nitrogens with zero attached hydrogens (tertiary/aromatic N) is 3. The van der Waals surface area contributed by atoms with Gasteiger partial charge >= 0.3 is 0 Å². The normalized spacial score (nSPS) is 21.5. The number of carbonyl (C=O) groups excluding carboxylic acids is 1. The van der Waals surface area contributed by atoms with E-state index in [1.807, 2.05) is 10.6 Å². The van der Waals surface area contributed by atoms with Gasteiger partial charge in [-0.1, -0.05) is 43.2 Å². The molecule has 2 bridgehead atoms. The van der Waals surface area contributed by atoms with E-state index < -0.39 is 32.8 Å². The third-order valence-electron chi connectivity index (χ3n) is 5.86. The zero-order chi connectivity index (χ0) is 24.6. The molecule has 2 atom stereocenters. The summed E-state index contributed by atoms with van der Waals surface area (Å²) in [4.78, 5) is 19.1. The van der Waals surface area contributed by atoms with Crippen LogP contribution in [0, 0.1) is 17.7 Å². The van der Waals surface area contributed by atoms with Gasteiger partial charge in [-0.15, -0.1) is 5.92 Å². The fourth-order valence-corrected chi connectivity index (χ4v) is 5.23. The Balaban J connectivity index is 1.80. The minimum atomic E-state index is -2.68. The van der Waals surface area contributed by atoms with Crippen molar-refractivity contribution in [1.82, 2.24) is 14.5 Å². The lowest BCUT2D eigenvalue weighted by Gasteiger charge is -2.24. The van der Waals surface area contributed by atoms with Crippen LogP contribution in [0.1, 0.15) is 49.9 Å². The van der Waals surface area contributed by atoms with Crippen molar-refractivity contribution in [2.75, 3.05) is 6.98 Å². The summed E-state index contributed by atoms with van der Waals surface area (Å²) in [7, 11) is -1.41. The number of hydrogen-bond acceptors (Lipinski definition) is 2. The molecule has 0 spiro atoms. The second-order valence-electron chi connectivity index (χ2n) is 9.34. The van der Waals surface area contributed by atoms with Crippen molar-refractivity contribution >= 4 is 36.6 Å². The molecule has 0 aliphatic carbocycles. The molecule has 2 aromatic carbocycles. The minimum Gasteiger partial charge on any atom is -0.331 e. The van der Waals surface area contributed by atoms with Gasteiger partial charge in [-0.3, -0.25) is 4.79 Å². The molecule has 3 aromatic rings. The Labute approximate surface area is 191 Å². The summed E-state index contributed by atoms with van der Waals surface area (Å²) in [5, 5.41) is -0.0401. The maximum absolute atomic E-state index is 14.2. The number of benzene rings is 2. The Kier molecular flexibility index (Phi) is 3.81. The molecule has 7 heteroatoms. The summed E-state index contributed by atoms with van der Waals surface area (Å²) >= 11 is 6.10. The van der Waals surface area contributed by atoms with Crippen molar-refractivity contribution in [3.63, 3.8) is 0 Å². The molecule has 0 saturated heterocycles. The fourth-order valence-electron chi connectivity index (χ4n) is 4.46. The van der Waals surface area contributed by atoms with Crippen molar-refractivity contribution < 1.29 is 13.3 Å². The average Bonchev–Trinajstić information content (AvgIpc) is 3.19. The zero-order valence-corrected chi connectivity index (χ0v) is 19.2. The second-order valence-corrected chi connectivity index (χ2v) is 15.2. The fraction of sp³-hybridized carbons (Fsp3) is 0.333. The van der Waals surface area contributed by atoms with Crippen molar-refractivity contribution in [3.05, 3.63) is 63.7 Å². The SMILES string of the molecule is [2H]C([2H])([2H])N1C(=O)c2cccc(C#CC[Si](C)(C)C)c2[C@H]2C[C@@H]1c1nc3cc(F)c(Cl)cc3n12. The Morgan fingerprint density at radius 2 is 2.13 bits per heavy atom. The summed E-state index contributed by atoms with van der Waals surface area (Å²) in [5.74, 6) is 5.78. The van der Waals surface area contributed by atoms with E-state index in [1.165, 1.54) is 12.1 Å². The molecule has 4 nitrogen and oxygen atoms in total. The first-order chi connectivity index (χ1) is 15.9. The third-order valence-corrected chi connectivity index (χ3v) is 7.38. The van der Waals surface area contributed by atoms with E-state index >= 15 is 0 Å². The standard InChI is InChI=1S/C24H23ClFN3OSi/c1-28-21-13-20(29-19-11-16(25)17(26)12-18(19)27-23(21)29)22-14(8-6-10-31(2,3)4)7-5-9-15(22)24(28)30/h5,7,9,11-12,20-21H,10,13H2,1-4H3/t20-,21-/m1/s1/i1D3. The van der Waals surface area contributed by atoms with E-state index in [9.17, 15) is 9.18 Å². The van der Waals surface area contributed by atoms with Gasteiger partial charge in [0.1, 0.15) is 11.6 Å². The van der Waals surface area contributed by atoms with Crippen molar-refractivity contribution in [2.24, 2.45) is 0 Å². The molecule has 1 amide bonds. The number of halogens is 2. The zero-order valence-electron chi connectivity index (χ0n) is 20.5. The molecule has 5 rings (SSSR count). The summed E-state index contributed by atoms with van der Waals surface area (Å²) < 4.78 is 40.5. The summed E-state index contributed by atoms with van der Waals surface area (Å²) in [6.07, 6.45) is 0.344. The predicted molar refractivity (Wildman–Crippen MR) is 124 cm³/mol. The van der Waals surface area contributed by atoms with Gasteiger partial charge in [0.05, 0.1) is 36.2 Å². The number of aromatic nitrogens is 2. The van der Waals surface area contributed by atoms with Crippen LogP contribution in [-0.4, -0.2) is 35.4 Å². The van der Waals surface area contributed by atoms with Gasteiger partial charge < -0.3 is 9.47 Å². The number of hydrogen-bond donors (Lipinski definition) is 0. The molecular formula is C24H23ClFN3OSi. The molecule has 2 aliphatic rings. The monoisotopic (exact) mass is 454 g/mol. The molecule has 2 aliphatic heterocycles. The van der Waals surface area contributed by atoms with Gasteiger partial charge in [-0.2, -0.15) is 0 Å². The first-order valence-electron chi connectivity index (χ1n) is 11.7. The number of rotatable bonds is 1. The molecular weight excluding hydrogens is 429 g/mol. The topological polar surface area (TPSA) is 38.1 Å². The molecule has 158 valence electrons. The number of carbonyl (C=O) groups is 1. The lowest BCUT2D eigenvalue weighted by Crippen LogP contribution is -2.30. The van der Waals surface area contributed by atoms with Gasteiger partial charge in [-0.05, 0) is 18.2 Å². The minimum absolute atomic E-state index is 0.0401. The van der Waals surface area contributed by atoms with Gasteiger partial charge in [0.25, 0.3) is 5.91 Å². The largest absolute Gasteiger partial charge is 0.331 e. The lowest BCUT2D eigenvalue weighted by atomic mass is 9.93. The Bertz CT molecular complexity index is 1420. The van der Waals surface area contributed by atoms with Gasteiger partial charge in [0.15, 0.2) is 0 Å². The number of imidazole rings is 1. The Morgan fingerprint density at radius 1 is 1.32 bits per heavy atom. The lowest BCUT2D eigenvalue weighted by molar-refractivity contribution is 0.0734. The number of amides is 1. The molecule has 0 N–H and O–H groups in total. The van der Waals surface area contributed by atoms with E-state index in [0.717, 1.165) is 10.9 Å². The second kappa shape index (κ2) is 6.94. The highest BCUT2D eigenvalue weighted by Crippen LogP contribution is 2.48. The Morgan fingerprint density at radius 3 is 2.87 bits per heavy atom. The highest BCUT2D eigenvalue weighted by Gasteiger charge is 2.44. The average molecular weight is 455 g/mol. The van der Waals surface area contributed by atoms with Crippen molar-refractivity contribution in [3.8, 4) is 11.8 Å². The highest BCUT2D eigenvalue weighted by molar-refractivity contribution is 6.76. The van der Waals surface area contributed by atoms with Crippen LogP contribution in [0.3, 0.4) is 0 Å². The van der Waals surface area contributed by atoms with Crippen LogP contribution in [0.15, 0.2) is 30.3 Å². The van der Waals surface area contributed by atoms with Crippen LogP contribution < -0.4 is 0 Å². The van der Waals surface area contributed by atoms with Crippen molar-refractivity contribution in [1.29, 1.82) is 0 Å². The van der Waals surface area contributed by atoms with Crippen LogP contribution in [-0.2, 0) is 0 Å². The third kappa shape index (κ3) is 3.19. The van der Waals surface area contributed by atoms with Gasteiger partial charge in [0, 0.05) is 46.3 Å². The first-order valence-corrected chi connectivity index (χ1v) is 14.3. The van der Waals surface area contributed by atoms with E-state index in [4.69, 9.17) is 15.7 Å². The van der Waals surface area contributed by atoms with Crippen LogP contribution in [0.2, 0.25) is 30.7 Å². The van der Waals surface area contributed by atoms with Gasteiger partial charge in [-0.25, -0.2) is 9.37 Å². The highest BCUT2D eigenvalue weighted by atomic mass is 35.5. The van der Waals surface area contributed by atoms with E-state index in [1.54, 1.807) is 12.1 Å². The first kappa shape index (κ1) is 17.0. The summed E-state index contributed by atoms with van der Waals surface area (Å²) in [5.41, 5.74) is 2.68. The molecule has 0 saturated carbocycles. The van der Waals surface area contributed by atoms with E-state index in [0.29, 0.717) is 40.0 Å². The van der Waals surface area contributed by atoms with E-state index in [2.05, 4.69) is 36.5 Å². The maximum atomic E-state index is 14.2. The maximum Gasteiger partial charge on any atom is 0.254 e. The van der Waals surface area contributed by atoms with Crippen LogP contribution in [0.25, 0.3) is 11.0 Å². The van der Waals surface area contributed by atoms with Crippen molar-refractivity contribution in [2.45, 2.75) is 44.2 Å². The van der Waals surface area contributed by atoms with Crippen LogP contribution in [0.5, 0.6) is 0 Å². The smallest absolute Gasteiger partial charge is 0.254 e. The molecule has 0 fully saturated rings. The molecule has 3 heterocycles. The predicted octanol–water partition coefficient (Wildman–Crippen LogP) is 5.64. The molecule has 0 unspecified atom stereocenters. The molecule has 1 aromatic heterocycles. The van der Waals surface area contributed by atoms with Crippen LogP contribution in [0.4, 0.5) is 4.39 Å². The number of fused-ring (bicyclic) bond motifs is 9.